The number of ketones is 2. The van der Waals surface area contributed by atoms with Crippen molar-refractivity contribution in [3.63, 3.8) is 0 Å². The predicted octanol–water partition coefficient (Wildman–Crippen LogP) is 4.88. The molecule has 0 amide bonds. The van der Waals surface area contributed by atoms with E-state index in [1.165, 1.54) is 17.4 Å². The van der Waals surface area contributed by atoms with E-state index in [4.69, 9.17) is 4.74 Å². The minimum atomic E-state index is -0.0583. The summed E-state index contributed by atoms with van der Waals surface area (Å²) in [6.45, 7) is 0. The summed E-state index contributed by atoms with van der Waals surface area (Å²) in [5.41, 5.74) is 1.25. The number of benzene rings is 2. The van der Waals surface area contributed by atoms with Crippen molar-refractivity contribution in [1.82, 2.24) is 0 Å². The van der Waals surface area contributed by atoms with Gasteiger partial charge in [-0.2, -0.15) is 0 Å². The maximum atomic E-state index is 12.5. The number of methoxy groups -OCH3 is 1. The molecule has 2 aromatic carbocycles. The summed E-state index contributed by atoms with van der Waals surface area (Å²) < 4.78 is 5.10. The molecule has 0 spiro atoms. The Labute approximate surface area is 150 Å². The molecule has 0 atom stereocenters. The molecule has 0 saturated carbocycles. The van der Waals surface area contributed by atoms with Crippen molar-refractivity contribution in [3.8, 4) is 5.75 Å². The van der Waals surface area contributed by atoms with Gasteiger partial charge in [0.15, 0.2) is 5.78 Å². The molecule has 0 aliphatic carbocycles. The van der Waals surface area contributed by atoms with Crippen molar-refractivity contribution < 1.29 is 14.3 Å². The second-order valence-corrected chi connectivity index (χ2v) is 6.44. The van der Waals surface area contributed by atoms with Crippen LogP contribution < -0.4 is 4.74 Å². The first-order valence-electron chi connectivity index (χ1n) is 7.73. The second-order valence-electron chi connectivity index (χ2n) is 5.32. The summed E-state index contributed by atoms with van der Waals surface area (Å²) in [6.07, 6.45) is 3.27. The molecule has 0 saturated heterocycles. The highest BCUT2D eigenvalue weighted by Crippen LogP contribution is 2.22. The van der Waals surface area contributed by atoms with Crippen LogP contribution in [-0.2, 0) is 0 Å². The van der Waals surface area contributed by atoms with Crippen LogP contribution in [0.4, 0.5) is 0 Å². The van der Waals surface area contributed by atoms with Gasteiger partial charge in [-0.1, -0.05) is 30.3 Å². The van der Waals surface area contributed by atoms with Gasteiger partial charge in [-0.05, 0) is 48.6 Å². The van der Waals surface area contributed by atoms with E-state index in [9.17, 15) is 9.59 Å². The minimum absolute atomic E-state index is 0.0401. The molecule has 3 rings (SSSR count). The number of carbonyl (C=O) groups is 2. The zero-order chi connectivity index (χ0) is 17.6. The molecule has 0 bridgehead atoms. The number of ether oxygens (including phenoxy) is 1. The number of allylic oxidation sites excluding steroid dienone is 1. The number of rotatable bonds is 6. The summed E-state index contributed by atoms with van der Waals surface area (Å²) in [7, 11) is 1.59. The van der Waals surface area contributed by atoms with Crippen LogP contribution in [0.1, 0.15) is 30.5 Å². The van der Waals surface area contributed by atoms with E-state index in [0.29, 0.717) is 21.8 Å². The SMILES string of the molecule is COc1ccc(C(=O)c2ccc(/C=C/C(=O)c3ccccc3)s2)cc1. The largest absolute Gasteiger partial charge is 0.497 e. The van der Waals surface area contributed by atoms with Gasteiger partial charge in [-0.25, -0.2) is 0 Å². The Balaban J connectivity index is 1.72. The van der Waals surface area contributed by atoms with Gasteiger partial charge in [0.25, 0.3) is 0 Å². The van der Waals surface area contributed by atoms with Gasteiger partial charge < -0.3 is 4.74 Å². The monoisotopic (exact) mass is 348 g/mol. The fourth-order valence-electron chi connectivity index (χ4n) is 2.31. The molecule has 0 N–H and O–H groups in total. The Morgan fingerprint density at radius 3 is 2.28 bits per heavy atom. The molecule has 0 radical (unpaired) electrons. The van der Waals surface area contributed by atoms with Gasteiger partial charge in [0.1, 0.15) is 5.75 Å². The third kappa shape index (κ3) is 4.11. The molecule has 3 aromatic rings. The Bertz CT molecular complexity index is 906. The standard InChI is InChI=1S/C21H16O3S/c1-24-17-9-7-16(8-10-17)21(23)20-14-12-18(25-20)11-13-19(22)15-5-3-2-4-6-15/h2-14H,1H3/b13-11+. The van der Waals surface area contributed by atoms with Gasteiger partial charge in [-0.15, -0.1) is 11.3 Å². The summed E-state index contributed by atoms with van der Waals surface area (Å²) in [5, 5.41) is 0. The maximum absolute atomic E-state index is 12.5. The molecule has 1 aromatic heterocycles. The highest BCUT2D eigenvalue weighted by atomic mass is 32.1. The summed E-state index contributed by atoms with van der Waals surface area (Å²) in [5.74, 6) is 0.615. The molecular weight excluding hydrogens is 332 g/mol. The molecule has 0 aliphatic heterocycles. The van der Waals surface area contributed by atoms with Gasteiger partial charge in [0, 0.05) is 16.0 Å². The molecule has 1 heterocycles. The average molecular weight is 348 g/mol. The van der Waals surface area contributed by atoms with Crippen molar-refractivity contribution >= 4 is 29.0 Å². The third-order valence-corrected chi connectivity index (χ3v) is 4.71. The molecule has 0 aliphatic rings. The van der Waals surface area contributed by atoms with Crippen molar-refractivity contribution in [2.45, 2.75) is 0 Å². The van der Waals surface area contributed by atoms with E-state index in [2.05, 4.69) is 0 Å². The van der Waals surface area contributed by atoms with E-state index in [0.717, 1.165) is 4.88 Å². The second kappa shape index (κ2) is 7.73. The molecule has 3 nitrogen and oxygen atoms in total. The highest BCUT2D eigenvalue weighted by Gasteiger charge is 2.11. The third-order valence-electron chi connectivity index (χ3n) is 3.66. The van der Waals surface area contributed by atoms with Crippen LogP contribution in [0.2, 0.25) is 0 Å². The van der Waals surface area contributed by atoms with Crippen molar-refractivity contribution in [1.29, 1.82) is 0 Å². The van der Waals surface area contributed by atoms with Crippen LogP contribution in [0, 0.1) is 0 Å². The minimum Gasteiger partial charge on any atom is -0.497 e. The maximum Gasteiger partial charge on any atom is 0.202 e. The highest BCUT2D eigenvalue weighted by molar-refractivity contribution is 7.15. The molecule has 25 heavy (non-hydrogen) atoms. The number of hydrogen-bond acceptors (Lipinski definition) is 4. The lowest BCUT2D eigenvalue weighted by Crippen LogP contribution is -1.98. The topological polar surface area (TPSA) is 43.4 Å². The lowest BCUT2D eigenvalue weighted by molar-refractivity contribution is 0.103. The van der Waals surface area contributed by atoms with Gasteiger partial charge >= 0.3 is 0 Å². The lowest BCUT2D eigenvalue weighted by atomic mass is 10.1. The van der Waals surface area contributed by atoms with Crippen LogP contribution in [0.3, 0.4) is 0 Å². The van der Waals surface area contributed by atoms with Gasteiger partial charge in [0.2, 0.25) is 5.78 Å². The van der Waals surface area contributed by atoms with E-state index >= 15 is 0 Å². The van der Waals surface area contributed by atoms with E-state index in [1.807, 2.05) is 24.3 Å². The molecule has 0 unspecified atom stereocenters. The quantitative estimate of drug-likeness (QED) is 0.471. The van der Waals surface area contributed by atoms with Crippen molar-refractivity contribution in [2.24, 2.45) is 0 Å². The Hall–Kier alpha value is -2.98. The first-order valence-corrected chi connectivity index (χ1v) is 8.55. The van der Waals surface area contributed by atoms with Crippen LogP contribution >= 0.6 is 11.3 Å². The first kappa shape index (κ1) is 16.9. The van der Waals surface area contributed by atoms with Gasteiger partial charge in [-0.3, -0.25) is 9.59 Å². The zero-order valence-electron chi connectivity index (χ0n) is 13.6. The van der Waals surface area contributed by atoms with Crippen LogP contribution in [0.5, 0.6) is 5.75 Å². The molecule has 0 fully saturated rings. The fraction of sp³-hybridized carbons (Fsp3) is 0.0476. The number of thiophene rings is 1. The fourth-order valence-corrected chi connectivity index (χ4v) is 3.18. The van der Waals surface area contributed by atoms with E-state index in [1.54, 1.807) is 55.7 Å². The molecular formula is C21H16O3S. The first-order chi connectivity index (χ1) is 12.2. The normalized spacial score (nSPS) is 10.8. The molecule has 124 valence electrons. The number of hydrogen-bond donors (Lipinski definition) is 0. The smallest absolute Gasteiger partial charge is 0.202 e. The van der Waals surface area contributed by atoms with Gasteiger partial charge in [0.05, 0.1) is 12.0 Å². The summed E-state index contributed by atoms with van der Waals surface area (Å²) in [6, 6.07) is 19.7. The predicted molar refractivity (Wildman–Crippen MR) is 101 cm³/mol. The Morgan fingerprint density at radius 1 is 0.880 bits per heavy atom. The number of carbonyl (C=O) groups excluding carboxylic acids is 2. The van der Waals surface area contributed by atoms with E-state index < -0.39 is 0 Å². The van der Waals surface area contributed by atoms with Crippen molar-refractivity contribution in [2.75, 3.05) is 7.11 Å². The molecule has 4 heteroatoms. The Kier molecular flexibility index (Phi) is 5.21. The summed E-state index contributed by atoms with van der Waals surface area (Å²) in [4.78, 5) is 26.1. The van der Waals surface area contributed by atoms with Crippen LogP contribution in [0.25, 0.3) is 6.08 Å². The van der Waals surface area contributed by atoms with Crippen LogP contribution in [-0.4, -0.2) is 18.7 Å². The Morgan fingerprint density at radius 2 is 1.60 bits per heavy atom. The van der Waals surface area contributed by atoms with E-state index in [-0.39, 0.29) is 11.6 Å². The van der Waals surface area contributed by atoms with Crippen LogP contribution in [0.15, 0.2) is 72.8 Å². The average Bonchev–Trinajstić information content (AvgIpc) is 3.15. The summed E-state index contributed by atoms with van der Waals surface area (Å²) >= 11 is 1.36. The zero-order valence-corrected chi connectivity index (χ0v) is 14.5. The lowest BCUT2D eigenvalue weighted by Gasteiger charge is -2.01. The van der Waals surface area contributed by atoms with Crippen molar-refractivity contribution in [3.05, 3.63) is 93.7 Å².